The molecule has 0 spiro atoms. The van der Waals surface area contributed by atoms with E-state index in [9.17, 15) is 13.6 Å². The van der Waals surface area contributed by atoms with Gasteiger partial charge < -0.3 is 4.90 Å². The molecule has 20 heavy (non-hydrogen) atoms. The van der Waals surface area contributed by atoms with Gasteiger partial charge in [0.25, 0.3) is 0 Å². The van der Waals surface area contributed by atoms with Gasteiger partial charge in [-0.3, -0.25) is 9.69 Å². The zero-order chi connectivity index (χ0) is 15.3. The van der Waals surface area contributed by atoms with Crippen LogP contribution in [-0.2, 0) is 0 Å². The van der Waals surface area contributed by atoms with E-state index in [1.54, 1.807) is 0 Å². The maximum atomic E-state index is 13.6. The van der Waals surface area contributed by atoms with Crippen LogP contribution < -0.4 is 0 Å². The Morgan fingerprint density at radius 1 is 1.30 bits per heavy atom. The van der Waals surface area contributed by atoms with E-state index in [0.717, 1.165) is 18.7 Å². The summed E-state index contributed by atoms with van der Waals surface area (Å²) in [5.74, 6) is -1.80. The lowest BCUT2D eigenvalue weighted by Crippen LogP contribution is -2.42. The summed E-state index contributed by atoms with van der Waals surface area (Å²) in [6.07, 6.45) is 0. The molecule has 3 nitrogen and oxygen atoms in total. The number of ketones is 1. The largest absolute Gasteiger partial charge is 0.308 e. The number of benzene rings is 1. The first-order chi connectivity index (χ1) is 9.35. The quantitative estimate of drug-likeness (QED) is 0.718. The van der Waals surface area contributed by atoms with Crippen LogP contribution in [0.2, 0.25) is 0 Å². The Balaban J connectivity index is 2.76. The van der Waals surface area contributed by atoms with E-state index in [0.29, 0.717) is 6.54 Å². The molecule has 0 aromatic heterocycles. The molecule has 0 N–H and O–H groups in total. The molecular weight excluding hydrogens is 262 g/mol. The summed E-state index contributed by atoms with van der Waals surface area (Å²) in [6.45, 7) is 5.63. The average molecular weight is 284 g/mol. The van der Waals surface area contributed by atoms with E-state index in [2.05, 4.69) is 0 Å². The number of halogens is 2. The highest BCUT2D eigenvalue weighted by Crippen LogP contribution is 2.12. The summed E-state index contributed by atoms with van der Waals surface area (Å²) in [7, 11) is 3.93. The summed E-state index contributed by atoms with van der Waals surface area (Å²) in [5, 5.41) is 0. The highest BCUT2D eigenvalue weighted by molar-refractivity contribution is 5.97. The molecule has 0 aliphatic heterocycles. The van der Waals surface area contributed by atoms with Crippen LogP contribution in [0.5, 0.6) is 0 Å². The Bertz CT molecular complexity index is 463. The highest BCUT2D eigenvalue weighted by atomic mass is 19.1. The number of rotatable bonds is 7. The van der Waals surface area contributed by atoms with E-state index in [-0.39, 0.29) is 23.9 Å². The van der Waals surface area contributed by atoms with Gasteiger partial charge in [-0.1, -0.05) is 6.92 Å². The van der Waals surface area contributed by atoms with Crippen molar-refractivity contribution in [3.63, 3.8) is 0 Å². The third-order valence-corrected chi connectivity index (χ3v) is 3.24. The third kappa shape index (κ3) is 4.65. The zero-order valence-electron chi connectivity index (χ0n) is 12.5. The van der Waals surface area contributed by atoms with Crippen LogP contribution in [-0.4, -0.2) is 55.4 Å². The molecule has 0 radical (unpaired) electrons. The lowest BCUT2D eigenvalue weighted by molar-refractivity contribution is 0.0884. The van der Waals surface area contributed by atoms with Gasteiger partial charge in [0, 0.05) is 18.7 Å². The minimum absolute atomic E-state index is 0.0538. The van der Waals surface area contributed by atoms with Crippen LogP contribution in [0.25, 0.3) is 0 Å². The van der Waals surface area contributed by atoms with Crippen molar-refractivity contribution in [3.8, 4) is 0 Å². The van der Waals surface area contributed by atoms with Gasteiger partial charge in [0.15, 0.2) is 5.78 Å². The van der Waals surface area contributed by atoms with Crippen LogP contribution in [0.1, 0.15) is 24.2 Å². The van der Waals surface area contributed by atoms with Gasteiger partial charge in [0.1, 0.15) is 11.6 Å². The molecule has 0 bridgehead atoms. The number of nitrogens with zero attached hydrogens (tertiary/aromatic N) is 2. The van der Waals surface area contributed by atoms with Gasteiger partial charge in [-0.15, -0.1) is 0 Å². The van der Waals surface area contributed by atoms with Crippen molar-refractivity contribution in [2.24, 2.45) is 0 Å². The van der Waals surface area contributed by atoms with Crippen LogP contribution in [0.15, 0.2) is 18.2 Å². The van der Waals surface area contributed by atoms with Crippen LogP contribution in [0.3, 0.4) is 0 Å². The highest BCUT2D eigenvalue weighted by Gasteiger charge is 2.19. The second-order valence-corrected chi connectivity index (χ2v) is 5.22. The minimum Gasteiger partial charge on any atom is -0.308 e. The van der Waals surface area contributed by atoms with Gasteiger partial charge in [-0.05, 0) is 39.7 Å². The van der Waals surface area contributed by atoms with Crippen molar-refractivity contribution in [1.82, 2.24) is 9.80 Å². The maximum absolute atomic E-state index is 13.6. The van der Waals surface area contributed by atoms with Crippen LogP contribution >= 0.6 is 0 Å². The summed E-state index contributed by atoms with van der Waals surface area (Å²) >= 11 is 0. The molecule has 1 rings (SSSR count). The fraction of sp³-hybridized carbons (Fsp3) is 0.533. The fourth-order valence-electron chi connectivity index (χ4n) is 2.21. The van der Waals surface area contributed by atoms with Crippen molar-refractivity contribution in [3.05, 3.63) is 35.4 Å². The molecule has 0 aliphatic rings. The lowest BCUT2D eigenvalue weighted by Gasteiger charge is -2.29. The van der Waals surface area contributed by atoms with Crippen LogP contribution in [0.4, 0.5) is 8.78 Å². The molecule has 0 saturated carbocycles. The van der Waals surface area contributed by atoms with Crippen molar-refractivity contribution < 1.29 is 13.6 Å². The fourth-order valence-corrected chi connectivity index (χ4v) is 2.21. The second kappa shape index (κ2) is 7.45. The first kappa shape index (κ1) is 16.7. The Morgan fingerprint density at radius 3 is 2.45 bits per heavy atom. The van der Waals surface area contributed by atoms with Crippen molar-refractivity contribution in [1.29, 1.82) is 0 Å². The minimum atomic E-state index is -0.800. The molecule has 5 heteroatoms. The predicted octanol–water partition coefficient (Wildman–Crippen LogP) is 2.42. The van der Waals surface area contributed by atoms with Gasteiger partial charge in [-0.2, -0.15) is 0 Å². The van der Waals surface area contributed by atoms with E-state index in [1.165, 1.54) is 6.07 Å². The molecule has 0 heterocycles. The van der Waals surface area contributed by atoms with Gasteiger partial charge in [0.2, 0.25) is 0 Å². The molecule has 0 amide bonds. The van der Waals surface area contributed by atoms with Gasteiger partial charge >= 0.3 is 0 Å². The van der Waals surface area contributed by atoms with Crippen molar-refractivity contribution in [2.45, 2.75) is 19.9 Å². The lowest BCUT2D eigenvalue weighted by atomic mass is 10.1. The number of hydrogen-bond acceptors (Lipinski definition) is 3. The summed E-state index contributed by atoms with van der Waals surface area (Å²) in [5.41, 5.74) is -0.0538. The topological polar surface area (TPSA) is 23.6 Å². The molecule has 0 fully saturated rings. The number of likely N-dealkylation sites (N-methyl/N-ethyl adjacent to an activating group) is 2. The molecule has 1 aromatic rings. The Kier molecular flexibility index (Phi) is 6.23. The average Bonchev–Trinajstić information content (AvgIpc) is 2.34. The normalized spacial score (nSPS) is 13.0. The predicted molar refractivity (Wildman–Crippen MR) is 76.0 cm³/mol. The second-order valence-electron chi connectivity index (χ2n) is 5.22. The number of hydrogen-bond donors (Lipinski definition) is 0. The Hall–Kier alpha value is -1.33. The van der Waals surface area contributed by atoms with E-state index in [4.69, 9.17) is 0 Å². The molecule has 112 valence electrons. The summed E-state index contributed by atoms with van der Waals surface area (Å²) in [4.78, 5) is 16.1. The SMILES string of the molecule is CCN(CC(=O)c1ccc(F)cc1F)C(C)CN(C)C. The monoisotopic (exact) mass is 284 g/mol. The first-order valence-corrected chi connectivity index (χ1v) is 6.72. The van der Waals surface area contributed by atoms with E-state index >= 15 is 0 Å². The summed E-state index contributed by atoms with van der Waals surface area (Å²) in [6, 6.07) is 3.24. The molecule has 0 saturated heterocycles. The number of carbonyl (C=O) groups is 1. The Morgan fingerprint density at radius 2 is 1.95 bits per heavy atom. The number of carbonyl (C=O) groups excluding carboxylic acids is 1. The first-order valence-electron chi connectivity index (χ1n) is 6.72. The smallest absolute Gasteiger partial charge is 0.179 e. The standard InChI is InChI=1S/C15H22F2N2O/c1-5-19(11(2)9-18(3)4)10-15(20)13-7-6-12(16)8-14(13)17/h6-8,11H,5,9-10H2,1-4H3. The molecule has 1 aromatic carbocycles. The van der Waals surface area contributed by atoms with Crippen molar-refractivity contribution >= 4 is 5.78 Å². The van der Waals surface area contributed by atoms with Crippen LogP contribution in [0, 0.1) is 11.6 Å². The number of Topliss-reactive ketones (excluding diaryl/α,β-unsaturated/α-hetero) is 1. The Labute approximate surface area is 119 Å². The van der Waals surface area contributed by atoms with E-state index in [1.807, 2.05) is 37.7 Å². The maximum Gasteiger partial charge on any atom is 0.179 e. The molecule has 0 aliphatic carbocycles. The van der Waals surface area contributed by atoms with Crippen molar-refractivity contribution in [2.75, 3.05) is 33.7 Å². The van der Waals surface area contributed by atoms with Gasteiger partial charge in [-0.25, -0.2) is 8.78 Å². The third-order valence-electron chi connectivity index (χ3n) is 3.24. The molecular formula is C15H22F2N2O. The zero-order valence-corrected chi connectivity index (χ0v) is 12.5. The molecule has 1 unspecified atom stereocenters. The van der Waals surface area contributed by atoms with Gasteiger partial charge in [0.05, 0.1) is 12.1 Å². The molecule has 1 atom stereocenters. The summed E-state index contributed by atoms with van der Waals surface area (Å²) < 4.78 is 26.4. The van der Waals surface area contributed by atoms with E-state index < -0.39 is 11.6 Å².